The number of aromatic nitrogens is 2. The highest BCUT2D eigenvalue weighted by atomic mass is 16.6. The number of ether oxygens (including phenoxy) is 1. The van der Waals surface area contributed by atoms with Crippen molar-refractivity contribution in [3.05, 3.63) is 63.8 Å². The monoisotopic (exact) mass is 341 g/mol. The minimum absolute atomic E-state index is 0.314. The van der Waals surface area contributed by atoms with Crippen molar-refractivity contribution in [2.75, 3.05) is 21.2 Å². The van der Waals surface area contributed by atoms with Crippen LogP contribution in [0, 0.1) is 10.1 Å². The van der Waals surface area contributed by atoms with E-state index in [9.17, 15) is 10.1 Å². The van der Waals surface area contributed by atoms with Gasteiger partial charge in [-0.2, -0.15) is 5.10 Å². The van der Waals surface area contributed by atoms with E-state index in [4.69, 9.17) is 9.15 Å². The normalized spacial score (nSPS) is 10.5. The quantitative estimate of drug-likeness (QED) is 0.333. The van der Waals surface area contributed by atoms with E-state index in [1.54, 1.807) is 19.4 Å². The Morgan fingerprint density at radius 1 is 1.20 bits per heavy atom. The highest BCUT2D eigenvalue weighted by Crippen LogP contribution is 2.28. The molecule has 0 bridgehead atoms. The van der Waals surface area contributed by atoms with E-state index in [0.29, 0.717) is 11.5 Å². The van der Waals surface area contributed by atoms with E-state index in [-0.39, 0.29) is 5.88 Å². The van der Waals surface area contributed by atoms with Crippen molar-refractivity contribution >= 4 is 11.6 Å². The summed E-state index contributed by atoms with van der Waals surface area (Å²) in [5.41, 5.74) is 3.20. The topological polar surface area (TPSA) is 97.2 Å². The fourth-order valence-corrected chi connectivity index (χ4v) is 2.62. The van der Waals surface area contributed by atoms with Gasteiger partial charge in [0.15, 0.2) is 5.76 Å². The van der Waals surface area contributed by atoms with Crippen LogP contribution in [0.5, 0.6) is 5.75 Å². The smallest absolute Gasteiger partial charge is 0.433 e. The van der Waals surface area contributed by atoms with Crippen molar-refractivity contribution in [3.63, 3.8) is 0 Å². The number of nitrogens with zero attached hydrogens (tertiary/aromatic N) is 3. The van der Waals surface area contributed by atoms with Crippen molar-refractivity contribution in [1.29, 1.82) is 0 Å². The van der Waals surface area contributed by atoms with Gasteiger partial charge < -0.3 is 9.15 Å². The van der Waals surface area contributed by atoms with E-state index in [0.717, 1.165) is 22.6 Å². The number of hydrogen-bond donors (Lipinski definition) is 1. The Morgan fingerprint density at radius 2 is 1.92 bits per heavy atom. The molecular weight excluding hydrogens is 324 g/mol. The van der Waals surface area contributed by atoms with Crippen LogP contribution in [0.15, 0.2) is 47.0 Å². The number of hydrogen-bond acceptors (Lipinski definition) is 5. The van der Waals surface area contributed by atoms with Crippen LogP contribution in [-0.2, 0) is 0 Å². The van der Waals surface area contributed by atoms with Crippen molar-refractivity contribution in [3.8, 4) is 17.2 Å². The summed E-state index contributed by atoms with van der Waals surface area (Å²) in [5.74, 6) is 0.800. The second-order valence-corrected chi connectivity index (χ2v) is 5.53. The number of nitrogens with one attached hydrogen (secondary N) is 1. The predicted molar refractivity (Wildman–Crippen MR) is 91.3 cm³/mol. The van der Waals surface area contributed by atoms with E-state index < -0.39 is 4.92 Å². The summed E-state index contributed by atoms with van der Waals surface area (Å²) in [6.45, 7) is 0. The molecule has 128 valence electrons. The molecular formula is C17H17N4O4+. The molecule has 0 amide bonds. The minimum Gasteiger partial charge on any atom is -0.497 e. The zero-order valence-corrected chi connectivity index (χ0v) is 14.0. The fourth-order valence-electron chi connectivity index (χ4n) is 2.62. The van der Waals surface area contributed by atoms with Gasteiger partial charge in [0.1, 0.15) is 30.5 Å². The Balaban J connectivity index is 2.08. The molecule has 0 radical (unpaired) electrons. The largest absolute Gasteiger partial charge is 0.497 e. The summed E-state index contributed by atoms with van der Waals surface area (Å²) < 4.78 is 12.5. The van der Waals surface area contributed by atoms with E-state index in [1.165, 1.54) is 6.07 Å². The van der Waals surface area contributed by atoms with E-state index in [1.807, 2.05) is 42.9 Å². The second-order valence-electron chi connectivity index (χ2n) is 5.53. The van der Waals surface area contributed by atoms with Crippen LogP contribution in [0.1, 0.15) is 11.1 Å². The van der Waals surface area contributed by atoms with E-state index >= 15 is 0 Å². The van der Waals surface area contributed by atoms with Crippen LogP contribution in [-0.4, -0.2) is 46.6 Å². The molecule has 2 aromatic heterocycles. The molecule has 0 aliphatic carbocycles. The Bertz CT molecular complexity index is 934. The molecule has 0 spiro atoms. The van der Waals surface area contributed by atoms with Gasteiger partial charge in [-0.1, -0.05) is 0 Å². The summed E-state index contributed by atoms with van der Waals surface area (Å²) in [7, 11) is 5.45. The number of H-pyrrole nitrogens is 1. The zero-order chi connectivity index (χ0) is 18.0. The average Bonchev–Trinajstić information content (AvgIpc) is 3.24. The van der Waals surface area contributed by atoms with Gasteiger partial charge in [0.05, 0.1) is 24.9 Å². The summed E-state index contributed by atoms with van der Waals surface area (Å²) in [6, 6.07) is 10.5. The third-order valence-electron chi connectivity index (χ3n) is 3.72. The maximum absolute atomic E-state index is 10.9. The SMILES string of the molecule is COc1ccc(C(c2cn[nH]c2-c2ccc([N+](=O)[O-])o2)=[N+](C)C)cc1. The lowest BCUT2D eigenvalue weighted by Gasteiger charge is -2.06. The molecule has 8 nitrogen and oxygen atoms in total. The van der Waals surface area contributed by atoms with Crippen LogP contribution < -0.4 is 4.74 Å². The molecule has 0 saturated heterocycles. The molecule has 8 heteroatoms. The van der Waals surface area contributed by atoms with Gasteiger partial charge in [-0.15, -0.1) is 0 Å². The molecule has 0 aliphatic heterocycles. The number of methoxy groups -OCH3 is 1. The lowest BCUT2D eigenvalue weighted by atomic mass is 10.0. The highest BCUT2D eigenvalue weighted by molar-refractivity contribution is 6.12. The van der Waals surface area contributed by atoms with Crippen molar-refractivity contribution in [2.45, 2.75) is 0 Å². The molecule has 1 aromatic carbocycles. The third kappa shape index (κ3) is 3.14. The zero-order valence-electron chi connectivity index (χ0n) is 14.0. The first-order chi connectivity index (χ1) is 12.0. The van der Waals surface area contributed by atoms with Crippen molar-refractivity contribution < 1.29 is 18.7 Å². The first-order valence-electron chi connectivity index (χ1n) is 7.48. The number of aromatic amines is 1. The summed E-state index contributed by atoms with van der Waals surface area (Å²) in [4.78, 5) is 10.3. The molecule has 0 saturated carbocycles. The molecule has 0 fully saturated rings. The highest BCUT2D eigenvalue weighted by Gasteiger charge is 2.24. The van der Waals surface area contributed by atoms with Crippen molar-refractivity contribution in [2.24, 2.45) is 0 Å². The Hall–Kier alpha value is -3.42. The first-order valence-corrected chi connectivity index (χ1v) is 7.48. The van der Waals surface area contributed by atoms with Gasteiger partial charge in [-0.25, -0.2) is 4.58 Å². The fraction of sp³-hybridized carbons (Fsp3) is 0.176. The second kappa shape index (κ2) is 6.60. The maximum atomic E-state index is 10.9. The van der Waals surface area contributed by atoms with Gasteiger partial charge in [-0.05, 0) is 30.3 Å². The van der Waals surface area contributed by atoms with Crippen LogP contribution in [0.3, 0.4) is 0 Å². The van der Waals surface area contributed by atoms with Crippen LogP contribution in [0.4, 0.5) is 5.88 Å². The van der Waals surface area contributed by atoms with Gasteiger partial charge in [0, 0.05) is 5.56 Å². The molecule has 0 atom stereocenters. The molecule has 0 aliphatic rings. The number of benzene rings is 1. The lowest BCUT2D eigenvalue weighted by Crippen LogP contribution is -2.16. The Kier molecular flexibility index (Phi) is 4.34. The Labute approximate surface area is 143 Å². The van der Waals surface area contributed by atoms with E-state index in [2.05, 4.69) is 10.2 Å². The molecule has 2 heterocycles. The minimum atomic E-state index is -0.570. The van der Waals surface area contributed by atoms with Gasteiger partial charge in [0.25, 0.3) is 0 Å². The third-order valence-corrected chi connectivity index (χ3v) is 3.72. The van der Waals surface area contributed by atoms with Crippen molar-refractivity contribution in [1.82, 2.24) is 10.2 Å². The average molecular weight is 341 g/mol. The standard InChI is InChI=1S/C17H16N4O4/c1-20(2)17(11-4-6-12(24-3)7-5-11)13-10-18-19-16(13)14-8-9-15(25-14)21(22)23/h4-10H,1-3H3/p+1. The number of nitro groups is 1. The van der Waals surface area contributed by atoms with Gasteiger partial charge in [0.2, 0.25) is 5.71 Å². The van der Waals surface area contributed by atoms with Gasteiger partial charge >= 0.3 is 5.88 Å². The molecule has 1 N–H and O–H groups in total. The maximum Gasteiger partial charge on any atom is 0.433 e. The van der Waals surface area contributed by atoms with Crippen LogP contribution in [0.2, 0.25) is 0 Å². The first kappa shape index (κ1) is 16.4. The number of furan rings is 1. The summed E-state index contributed by atoms with van der Waals surface area (Å²) in [6.07, 6.45) is 1.67. The van der Waals surface area contributed by atoms with Gasteiger partial charge in [-0.3, -0.25) is 15.2 Å². The van der Waals surface area contributed by atoms with Crippen LogP contribution >= 0.6 is 0 Å². The molecule has 3 rings (SSSR count). The molecule has 25 heavy (non-hydrogen) atoms. The molecule has 0 unspecified atom stereocenters. The Morgan fingerprint density at radius 3 is 2.48 bits per heavy atom. The van der Waals surface area contributed by atoms with Crippen LogP contribution in [0.25, 0.3) is 11.5 Å². The summed E-state index contributed by atoms with van der Waals surface area (Å²) in [5, 5.41) is 17.8. The summed E-state index contributed by atoms with van der Waals surface area (Å²) >= 11 is 0. The number of rotatable bonds is 5. The molecule has 3 aromatic rings. The predicted octanol–water partition coefficient (Wildman–Crippen LogP) is 2.70. The lowest BCUT2D eigenvalue weighted by molar-refractivity contribution is -0.463.